The zero-order valence-corrected chi connectivity index (χ0v) is 13.3. The van der Waals surface area contributed by atoms with Gasteiger partial charge in [0.15, 0.2) is 0 Å². The van der Waals surface area contributed by atoms with Crippen molar-refractivity contribution in [3.05, 3.63) is 65.5 Å². The van der Waals surface area contributed by atoms with E-state index in [1.54, 1.807) is 12.1 Å². The molecular weight excluding hydrogens is 291 g/mol. The Balaban J connectivity index is 1.53. The van der Waals surface area contributed by atoms with Gasteiger partial charge in [0.2, 0.25) is 5.91 Å². The first-order valence-corrected chi connectivity index (χ1v) is 7.99. The fourth-order valence-electron chi connectivity index (χ4n) is 3.09. The first-order chi connectivity index (χ1) is 11.1. The molecule has 0 saturated carbocycles. The standard InChI is InChI=1S/C19H21FN2O/c1-14(22-10-9-16-6-2-3-8-18(16)22)13-21-19(23)12-15-5-4-7-17(20)11-15/h2-8,11,14H,9-10,12-13H2,1H3,(H,21,23). The average molecular weight is 312 g/mol. The molecule has 2 aromatic carbocycles. The number of anilines is 1. The molecule has 1 N–H and O–H groups in total. The summed E-state index contributed by atoms with van der Waals surface area (Å²) in [6.45, 7) is 3.69. The van der Waals surface area contributed by atoms with Crippen LogP contribution in [0.4, 0.5) is 10.1 Å². The lowest BCUT2D eigenvalue weighted by Crippen LogP contribution is -2.41. The molecule has 0 radical (unpaired) electrons. The van der Waals surface area contributed by atoms with Crippen molar-refractivity contribution < 1.29 is 9.18 Å². The highest BCUT2D eigenvalue weighted by Crippen LogP contribution is 2.28. The molecule has 0 aliphatic carbocycles. The number of halogens is 1. The van der Waals surface area contributed by atoms with Gasteiger partial charge in [0.25, 0.3) is 0 Å². The van der Waals surface area contributed by atoms with E-state index < -0.39 is 0 Å². The summed E-state index contributed by atoms with van der Waals surface area (Å²) in [5.74, 6) is -0.382. The van der Waals surface area contributed by atoms with E-state index in [4.69, 9.17) is 0 Å². The SMILES string of the molecule is CC(CNC(=O)Cc1cccc(F)c1)N1CCc2ccccc21. The molecule has 4 heteroatoms. The number of fused-ring (bicyclic) bond motifs is 1. The molecule has 3 rings (SSSR count). The first-order valence-electron chi connectivity index (χ1n) is 7.99. The van der Waals surface area contributed by atoms with E-state index in [0.29, 0.717) is 12.1 Å². The van der Waals surface area contributed by atoms with Gasteiger partial charge in [-0.25, -0.2) is 4.39 Å². The Morgan fingerprint density at radius 2 is 2.09 bits per heavy atom. The normalized spacial score (nSPS) is 14.4. The number of rotatable bonds is 5. The van der Waals surface area contributed by atoms with Crippen molar-refractivity contribution in [3.8, 4) is 0 Å². The summed E-state index contributed by atoms with van der Waals surface area (Å²) in [4.78, 5) is 14.4. The lowest BCUT2D eigenvalue weighted by Gasteiger charge is -2.27. The van der Waals surface area contributed by atoms with E-state index in [1.807, 2.05) is 6.07 Å². The zero-order chi connectivity index (χ0) is 16.2. The van der Waals surface area contributed by atoms with Crippen molar-refractivity contribution >= 4 is 11.6 Å². The van der Waals surface area contributed by atoms with Crippen molar-refractivity contribution in [1.29, 1.82) is 0 Å². The number of hydrogen-bond donors (Lipinski definition) is 1. The number of amides is 1. The van der Waals surface area contributed by atoms with Crippen molar-refractivity contribution in [2.24, 2.45) is 0 Å². The van der Waals surface area contributed by atoms with Gasteiger partial charge in [0.05, 0.1) is 6.42 Å². The number of hydrogen-bond acceptors (Lipinski definition) is 2. The molecule has 3 nitrogen and oxygen atoms in total. The number of para-hydroxylation sites is 1. The Kier molecular flexibility index (Phi) is 4.60. The fraction of sp³-hybridized carbons (Fsp3) is 0.316. The Bertz CT molecular complexity index is 701. The topological polar surface area (TPSA) is 32.3 Å². The van der Waals surface area contributed by atoms with Crippen LogP contribution in [0.3, 0.4) is 0 Å². The smallest absolute Gasteiger partial charge is 0.224 e. The van der Waals surface area contributed by atoms with Gasteiger partial charge in [0.1, 0.15) is 5.82 Å². The molecule has 0 aromatic heterocycles. The van der Waals surface area contributed by atoms with Crippen LogP contribution < -0.4 is 10.2 Å². The Hall–Kier alpha value is -2.36. The number of nitrogens with one attached hydrogen (secondary N) is 1. The van der Waals surface area contributed by atoms with Crippen LogP contribution >= 0.6 is 0 Å². The van der Waals surface area contributed by atoms with E-state index in [-0.39, 0.29) is 24.2 Å². The van der Waals surface area contributed by atoms with E-state index in [2.05, 4.69) is 35.3 Å². The number of carbonyl (C=O) groups excluding carboxylic acids is 1. The molecule has 0 bridgehead atoms. The second kappa shape index (κ2) is 6.82. The molecule has 0 saturated heterocycles. The van der Waals surface area contributed by atoms with Gasteiger partial charge in [-0.2, -0.15) is 0 Å². The van der Waals surface area contributed by atoms with Crippen molar-refractivity contribution in [3.63, 3.8) is 0 Å². The zero-order valence-electron chi connectivity index (χ0n) is 13.3. The number of carbonyl (C=O) groups is 1. The lowest BCUT2D eigenvalue weighted by molar-refractivity contribution is -0.120. The Labute approximate surface area is 136 Å². The van der Waals surface area contributed by atoms with Crippen LogP contribution in [-0.4, -0.2) is 25.0 Å². The Morgan fingerprint density at radius 3 is 2.91 bits per heavy atom. The van der Waals surface area contributed by atoms with Crippen LogP contribution in [0.25, 0.3) is 0 Å². The maximum atomic E-state index is 13.1. The predicted octanol–water partition coefficient (Wildman–Crippen LogP) is 2.94. The molecule has 1 unspecified atom stereocenters. The first kappa shape index (κ1) is 15.5. The minimum atomic E-state index is -0.308. The summed E-state index contributed by atoms with van der Waals surface area (Å²) in [5.41, 5.74) is 3.33. The van der Waals surface area contributed by atoms with Crippen molar-refractivity contribution in [2.75, 3.05) is 18.0 Å². The van der Waals surface area contributed by atoms with Crippen LogP contribution in [0, 0.1) is 5.82 Å². The molecule has 0 spiro atoms. The van der Waals surface area contributed by atoms with Crippen LogP contribution in [-0.2, 0) is 17.6 Å². The summed E-state index contributed by atoms with van der Waals surface area (Å²) < 4.78 is 13.1. The van der Waals surface area contributed by atoms with Gasteiger partial charge in [0, 0.05) is 24.8 Å². The predicted molar refractivity (Wildman–Crippen MR) is 90.1 cm³/mol. The van der Waals surface area contributed by atoms with Gasteiger partial charge in [-0.3, -0.25) is 4.79 Å². The Morgan fingerprint density at radius 1 is 1.26 bits per heavy atom. The van der Waals surface area contributed by atoms with Gasteiger partial charge in [-0.15, -0.1) is 0 Å². The highest BCUT2D eigenvalue weighted by atomic mass is 19.1. The summed E-state index contributed by atoms with van der Waals surface area (Å²) in [5, 5.41) is 2.96. The fourth-order valence-corrected chi connectivity index (χ4v) is 3.09. The molecule has 2 aromatic rings. The molecule has 1 atom stereocenters. The molecule has 120 valence electrons. The third-order valence-corrected chi connectivity index (χ3v) is 4.30. The van der Waals surface area contributed by atoms with E-state index in [0.717, 1.165) is 13.0 Å². The quantitative estimate of drug-likeness (QED) is 0.920. The van der Waals surface area contributed by atoms with Gasteiger partial charge < -0.3 is 10.2 Å². The molecule has 1 amide bonds. The highest BCUT2D eigenvalue weighted by Gasteiger charge is 2.23. The molecule has 1 aliphatic rings. The van der Waals surface area contributed by atoms with Gasteiger partial charge >= 0.3 is 0 Å². The summed E-state index contributed by atoms with van der Waals surface area (Å²) >= 11 is 0. The molecule has 1 heterocycles. The van der Waals surface area contributed by atoms with Crippen molar-refractivity contribution in [2.45, 2.75) is 25.8 Å². The molecule has 1 aliphatic heterocycles. The maximum absolute atomic E-state index is 13.1. The molecule has 0 fully saturated rings. The van der Waals surface area contributed by atoms with Crippen LogP contribution in [0.5, 0.6) is 0 Å². The summed E-state index contributed by atoms with van der Waals surface area (Å²) in [6, 6.07) is 14.8. The number of benzene rings is 2. The second-order valence-electron chi connectivity index (χ2n) is 6.03. The highest BCUT2D eigenvalue weighted by molar-refractivity contribution is 5.78. The summed E-state index contributed by atoms with van der Waals surface area (Å²) in [6.07, 6.45) is 1.26. The van der Waals surface area contributed by atoms with E-state index in [9.17, 15) is 9.18 Å². The molecular formula is C19H21FN2O. The van der Waals surface area contributed by atoms with Crippen LogP contribution in [0.2, 0.25) is 0 Å². The van der Waals surface area contributed by atoms with Crippen LogP contribution in [0.15, 0.2) is 48.5 Å². The monoisotopic (exact) mass is 312 g/mol. The lowest BCUT2D eigenvalue weighted by atomic mass is 10.1. The van der Waals surface area contributed by atoms with Crippen LogP contribution in [0.1, 0.15) is 18.1 Å². The largest absolute Gasteiger partial charge is 0.366 e. The molecule has 23 heavy (non-hydrogen) atoms. The maximum Gasteiger partial charge on any atom is 0.224 e. The third kappa shape index (κ3) is 3.70. The second-order valence-corrected chi connectivity index (χ2v) is 6.03. The van der Waals surface area contributed by atoms with Gasteiger partial charge in [-0.1, -0.05) is 30.3 Å². The minimum Gasteiger partial charge on any atom is -0.366 e. The minimum absolute atomic E-state index is 0.0741. The third-order valence-electron chi connectivity index (χ3n) is 4.30. The average Bonchev–Trinajstić information content (AvgIpc) is 2.97. The summed E-state index contributed by atoms with van der Waals surface area (Å²) in [7, 11) is 0. The van der Waals surface area contributed by atoms with Crippen molar-refractivity contribution in [1.82, 2.24) is 5.32 Å². The van der Waals surface area contributed by atoms with Gasteiger partial charge in [-0.05, 0) is 42.7 Å². The number of nitrogens with zero attached hydrogens (tertiary/aromatic N) is 1. The van der Waals surface area contributed by atoms with E-state index >= 15 is 0 Å². The van der Waals surface area contributed by atoms with E-state index in [1.165, 1.54) is 23.4 Å².